The molecule has 0 bridgehead atoms. The van der Waals surface area contributed by atoms with Crippen molar-refractivity contribution in [1.82, 2.24) is 5.32 Å². The molecule has 5 nitrogen and oxygen atoms in total. The van der Waals surface area contributed by atoms with Crippen molar-refractivity contribution in [3.05, 3.63) is 65.2 Å². The van der Waals surface area contributed by atoms with Gasteiger partial charge in [-0.3, -0.25) is 4.79 Å². The third-order valence-corrected chi connectivity index (χ3v) is 6.00. The smallest absolute Gasteiger partial charge is 0.419 e. The second-order valence-corrected chi connectivity index (χ2v) is 8.61. The zero-order valence-corrected chi connectivity index (χ0v) is 17.5. The number of rotatable bonds is 3. The summed E-state index contributed by atoms with van der Waals surface area (Å²) in [6.07, 6.45) is -4.45. The van der Waals surface area contributed by atoms with Crippen LogP contribution < -0.4 is 10.1 Å². The Kier molecular flexibility index (Phi) is 5.00. The van der Waals surface area contributed by atoms with Gasteiger partial charge in [-0.25, -0.2) is 4.39 Å². The van der Waals surface area contributed by atoms with Crippen molar-refractivity contribution >= 4 is 16.9 Å². The quantitative estimate of drug-likeness (QED) is 0.549. The Balaban J connectivity index is 1.86. The molecule has 0 saturated carbocycles. The minimum absolute atomic E-state index is 0.0583. The van der Waals surface area contributed by atoms with E-state index >= 15 is 0 Å². The first-order valence-corrected chi connectivity index (χ1v) is 9.83. The molecule has 9 heteroatoms. The van der Waals surface area contributed by atoms with Crippen molar-refractivity contribution in [2.24, 2.45) is 0 Å². The average Bonchev–Trinajstić information content (AvgIpc) is 3.17. The molecule has 2 atom stereocenters. The Morgan fingerprint density at radius 1 is 1.22 bits per heavy atom. The molecule has 1 amide bonds. The lowest BCUT2D eigenvalue weighted by molar-refractivity contribution is -0.280. The Morgan fingerprint density at radius 2 is 1.94 bits per heavy atom. The van der Waals surface area contributed by atoms with Crippen LogP contribution in [0.5, 0.6) is 5.75 Å². The van der Waals surface area contributed by atoms with Gasteiger partial charge in [-0.05, 0) is 47.7 Å². The molecule has 0 spiro atoms. The number of carbonyl (C=O) groups is 1. The molecule has 0 radical (unpaired) electrons. The highest BCUT2D eigenvalue weighted by Crippen LogP contribution is 2.55. The lowest BCUT2D eigenvalue weighted by Gasteiger charge is -2.49. The normalized spacial score (nSPS) is 22.4. The van der Waals surface area contributed by atoms with Gasteiger partial charge in [0.25, 0.3) is 5.91 Å². The van der Waals surface area contributed by atoms with Crippen LogP contribution in [0.1, 0.15) is 47.8 Å². The molecule has 32 heavy (non-hydrogen) atoms. The average molecular weight is 451 g/mol. The Labute approximate surface area is 181 Å². The fourth-order valence-electron chi connectivity index (χ4n) is 4.62. The standard InChI is InChI=1S/C23H21F4NO4/c1-21(2)11-22(30,23(25,26)27)19(14-5-6-15(24)18(31-3)17(14)21)28-20(29)13-4-7-16-12(10-13)8-9-32-16/h4-10,19,30H,11H2,1-3H3,(H,28,29). The van der Waals surface area contributed by atoms with Crippen LogP contribution in [-0.2, 0) is 5.41 Å². The summed E-state index contributed by atoms with van der Waals surface area (Å²) in [6.45, 7) is 2.94. The van der Waals surface area contributed by atoms with Crippen molar-refractivity contribution in [3.8, 4) is 5.75 Å². The second kappa shape index (κ2) is 7.23. The van der Waals surface area contributed by atoms with E-state index in [1.807, 2.05) is 0 Å². The summed E-state index contributed by atoms with van der Waals surface area (Å²) in [6, 6.07) is 6.25. The van der Waals surface area contributed by atoms with Crippen LogP contribution in [0.15, 0.2) is 47.1 Å². The topological polar surface area (TPSA) is 71.7 Å². The highest BCUT2D eigenvalue weighted by atomic mass is 19.4. The number of furan rings is 1. The van der Waals surface area contributed by atoms with Crippen molar-refractivity contribution in [3.63, 3.8) is 0 Å². The van der Waals surface area contributed by atoms with Crippen LogP contribution in [0.25, 0.3) is 11.0 Å². The molecule has 2 unspecified atom stereocenters. The lowest BCUT2D eigenvalue weighted by atomic mass is 9.63. The molecular formula is C23H21F4NO4. The summed E-state index contributed by atoms with van der Waals surface area (Å²) in [5.41, 5.74) is -3.88. The lowest BCUT2D eigenvalue weighted by Crippen LogP contribution is -2.60. The maximum Gasteiger partial charge on any atom is 0.419 e. The molecule has 3 aromatic rings. The molecule has 1 aromatic heterocycles. The minimum Gasteiger partial charge on any atom is -0.493 e. The van der Waals surface area contributed by atoms with E-state index in [0.717, 1.165) is 12.1 Å². The van der Waals surface area contributed by atoms with Gasteiger partial charge in [-0.2, -0.15) is 13.2 Å². The highest BCUT2D eigenvalue weighted by Gasteiger charge is 2.64. The van der Waals surface area contributed by atoms with E-state index in [2.05, 4.69) is 5.32 Å². The molecule has 2 N–H and O–H groups in total. The number of fused-ring (bicyclic) bond motifs is 2. The van der Waals surface area contributed by atoms with Crippen molar-refractivity contribution < 1.29 is 36.6 Å². The molecule has 1 aliphatic rings. The SMILES string of the molecule is COc1c(F)ccc2c1C(C)(C)CC(O)(C(F)(F)F)C2NC(=O)c1ccc2occc2c1. The summed E-state index contributed by atoms with van der Waals surface area (Å²) < 4.78 is 67.3. The number of aliphatic hydroxyl groups is 1. The molecule has 0 fully saturated rings. The number of nitrogens with one attached hydrogen (secondary N) is 1. The largest absolute Gasteiger partial charge is 0.493 e. The first kappa shape index (κ1) is 22.1. The summed E-state index contributed by atoms with van der Waals surface area (Å²) >= 11 is 0. The van der Waals surface area contributed by atoms with Gasteiger partial charge < -0.3 is 19.6 Å². The van der Waals surface area contributed by atoms with Gasteiger partial charge in [-0.15, -0.1) is 0 Å². The minimum atomic E-state index is -5.07. The van der Waals surface area contributed by atoms with Crippen LogP contribution in [0, 0.1) is 5.82 Å². The van der Waals surface area contributed by atoms with Gasteiger partial charge in [0.15, 0.2) is 17.2 Å². The van der Waals surface area contributed by atoms with Crippen molar-refractivity contribution in [2.45, 2.75) is 43.5 Å². The van der Waals surface area contributed by atoms with Crippen LogP contribution in [0.2, 0.25) is 0 Å². The predicted octanol–water partition coefficient (Wildman–Crippen LogP) is 5.03. The first-order valence-electron chi connectivity index (χ1n) is 9.83. The number of hydrogen-bond donors (Lipinski definition) is 2. The van der Waals surface area contributed by atoms with Gasteiger partial charge in [0, 0.05) is 16.5 Å². The Bertz CT molecular complexity index is 1200. The van der Waals surface area contributed by atoms with Gasteiger partial charge in [-0.1, -0.05) is 19.9 Å². The van der Waals surface area contributed by atoms with E-state index in [0.29, 0.717) is 11.0 Å². The first-order chi connectivity index (χ1) is 14.9. The number of hydrogen-bond acceptors (Lipinski definition) is 4. The monoisotopic (exact) mass is 451 g/mol. The predicted molar refractivity (Wildman–Crippen MR) is 108 cm³/mol. The zero-order valence-electron chi connectivity index (χ0n) is 17.5. The van der Waals surface area contributed by atoms with E-state index in [1.165, 1.54) is 45.4 Å². The molecule has 0 aliphatic heterocycles. The molecule has 170 valence electrons. The molecule has 1 heterocycles. The zero-order chi connectivity index (χ0) is 23.5. The number of halogens is 4. The number of methoxy groups -OCH3 is 1. The van der Waals surface area contributed by atoms with E-state index in [4.69, 9.17) is 9.15 Å². The van der Waals surface area contributed by atoms with Gasteiger partial charge in [0.1, 0.15) is 5.58 Å². The van der Waals surface area contributed by atoms with E-state index in [1.54, 1.807) is 6.07 Å². The van der Waals surface area contributed by atoms with Gasteiger partial charge in [0.2, 0.25) is 0 Å². The second-order valence-electron chi connectivity index (χ2n) is 8.61. The number of benzene rings is 2. The van der Waals surface area contributed by atoms with Crippen molar-refractivity contribution in [2.75, 3.05) is 7.11 Å². The summed E-state index contributed by atoms with van der Waals surface area (Å²) in [7, 11) is 1.22. The maximum atomic E-state index is 14.4. The molecular weight excluding hydrogens is 430 g/mol. The number of alkyl halides is 3. The fraction of sp³-hybridized carbons (Fsp3) is 0.348. The maximum absolute atomic E-state index is 14.4. The van der Waals surface area contributed by atoms with Crippen molar-refractivity contribution in [1.29, 1.82) is 0 Å². The molecule has 4 rings (SSSR count). The van der Waals surface area contributed by atoms with E-state index in [9.17, 15) is 27.5 Å². The molecule has 2 aromatic carbocycles. The Hall–Kier alpha value is -3.07. The molecule has 0 saturated heterocycles. The number of amides is 1. The van der Waals surface area contributed by atoms with E-state index < -0.39 is 41.4 Å². The van der Waals surface area contributed by atoms with Crippen LogP contribution in [0.4, 0.5) is 17.6 Å². The number of ether oxygens (including phenoxy) is 1. The van der Waals surface area contributed by atoms with Crippen LogP contribution in [0.3, 0.4) is 0 Å². The van der Waals surface area contributed by atoms with Gasteiger partial charge in [0.05, 0.1) is 19.4 Å². The summed E-state index contributed by atoms with van der Waals surface area (Å²) in [4.78, 5) is 13.0. The van der Waals surface area contributed by atoms with Crippen LogP contribution >= 0.6 is 0 Å². The van der Waals surface area contributed by atoms with Crippen LogP contribution in [-0.4, -0.2) is 29.9 Å². The third kappa shape index (κ3) is 3.31. The molecule has 1 aliphatic carbocycles. The Morgan fingerprint density at radius 3 is 2.59 bits per heavy atom. The highest BCUT2D eigenvalue weighted by molar-refractivity contribution is 5.98. The van der Waals surface area contributed by atoms with Gasteiger partial charge >= 0.3 is 6.18 Å². The number of carbonyl (C=O) groups excluding carboxylic acids is 1. The summed E-state index contributed by atoms with van der Waals surface area (Å²) in [5, 5.41) is 13.9. The summed E-state index contributed by atoms with van der Waals surface area (Å²) in [5.74, 6) is -1.78. The third-order valence-electron chi connectivity index (χ3n) is 6.00. The van der Waals surface area contributed by atoms with E-state index in [-0.39, 0.29) is 22.4 Å². The fourth-order valence-corrected chi connectivity index (χ4v) is 4.62.